The first-order valence-corrected chi connectivity index (χ1v) is 8.33. The molecular formula is C20H22ClNO4. The van der Waals surface area contributed by atoms with Crippen molar-refractivity contribution in [1.82, 2.24) is 0 Å². The zero-order chi connectivity index (χ0) is 19.3. The number of nitrogens with one attached hydrogen (secondary N) is 1. The molecule has 138 valence electrons. The summed E-state index contributed by atoms with van der Waals surface area (Å²) >= 11 is 6.08. The molecule has 2 aromatic rings. The first-order chi connectivity index (χ1) is 12.4. The van der Waals surface area contributed by atoms with Crippen LogP contribution in [0.5, 0.6) is 17.2 Å². The van der Waals surface area contributed by atoms with Crippen LogP contribution < -0.4 is 19.5 Å². The maximum absolute atomic E-state index is 12.3. The van der Waals surface area contributed by atoms with Gasteiger partial charge in [0.25, 0.3) is 0 Å². The third kappa shape index (κ3) is 4.49. The van der Waals surface area contributed by atoms with Gasteiger partial charge >= 0.3 is 0 Å². The van der Waals surface area contributed by atoms with Gasteiger partial charge in [0.1, 0.15) is 17.2 Å². The second-order valence-electron chi connectivity index (χ2n) is 5.68. The van der Waals surface area contributed by atoms with Gasteiger partial charge in [-0.3, -0.25) is 4.79 Å². The number of carbonyl (C=O) groups excluding carboxylic acids is 1. The van der Waals surface area contributed by atoms with Gasteiger partial charge in [0.2, 0.25) is 5.91 Å². The number of rotatable bonds is 6. The second kappa shape index (κ2) is 8.63. The van der Waals surface area contributed by atoms with Crippen LogP contribution in [0.15, 0.2) is 30.3 Å². The number of halogens is 1. The topological polar surface area (TPSA) is 56.8 Å². The number of anilines is 1. The van der Waals surface area contributed by atoms with Crippen LogP contribution in [0.4, 0.5) is 5.69 Å². The lowest BCUT2D eigenvalue weighted by Gasteiger charge is -2.12. The zero-order valence-corrected chi connectivity index (χ0v) is 16.2. The molecule has 2 aromatic carbocycles. The molecule has 5 nitrogen and oxygen atoms in total. The summed E-state index contributed by atoms with van der Waals surface area (Å²) in [5, 5.41) is 3.19. The van der Waals surface area contributed by atoms with Crippen LogP contribution in [-0.2, 0) is 4.79 Å². The van der Waals surface area contributed by atoms with Gasteiger partial charge in [-0.1, -0.05) is 11.6 Å². The van der Waals surface area contributed by atoms with Gasteiger partial charge in [0, 0.05) is 18.2 Å². The van der Waals surface area contributed by atoms with E-state index in [4.69, 9.17) is 25.8 Å². The monoisotopic (exact) mass is 375 g/mol. The Hall–Kier alpha value is -2.66. The molecule has 6 heteroatoms. The average Bonchev–Trinajstić information content (AvgIpc) is 2.61. The van der Waals surface area contributed by atoms with Crippen LogP contribution in [0.3, 0.4) is 0 Å². The summed E-state index contributed by atoms with van der Waals surface area (Å²) < 4.78 is 15.7. The van der Waals surface area contributed by atoms with Crippen LogP contribution in [0, 0.1) is 13.8 Å². The Bertz CT molecular complexity index is 823. The predicted molar refractivity (Wildman–Crippen MR) is 105 cm³/mol. The summed E-state index contributed by atoms with van der Waals surface area (Å²) in [5.74, 6) is 1.41. The molecule has 0 heterocycles. The highest BCUT2D eigenvalue weighted by Gasteiger charge is 2.11. The first kappa shape index (κ1) is 19.7. The van der Waals surface area contributed by atoms with Gasteiger partial charge in [-0.15, -0.1) is 0 Å². The highest BCUT2D eigenvalue weighted by atomic mass is 35.5. The highest BCUT2D eigenvalue weighted by Crippen LogP contribution is 2.35. The van der Waals surface area contributed by atoms with Crippen molar-refractivity contribution in [3.63, 3.8) is 0 Å². The summed E-state index contributed by atoms with van der Waals surface area (Å²) in [6, 6.07) is 7.07. The van der Waals surface area contributed by atoms with Crippen molar-refractivity contribution >= 4 is 29.3 Å². The van der Waals surface area contributed by atoms with E-state index in [-0.39, 0.29) is 5.91 Å². The molecule has 0 spiro atoms. The Morgan fingerprint density at radius 2 is 1.58 bits per heavy atom. The van der Waals surface area contributed by atoms with Gasteiger partial charge in [0.15, 0.2) is 0 Å². The quantitative estimate of drug-likeness (QED) is 0.747. The molecule has 0 saturated heterocycles. The molecule has 0 bridgehead atoms. The van der Waals surface area contributed by atoms with Crippen LogP contribution >= 0.6 is 11.6 Å². The lowest BCUT2D eigenvalue weighted by atomic mass is 10.0. The minimum Gasteiger partial charge on any atom is -0.497 e. The van der Waals surface area contributed by atoms with E-state index >= 15 is 0 Å². The number of hydrogen-bond donors (Lipinski definition) is 1. The van der Waals surface area contributed by atoms with E-state index in [2.05, 4.69) is 5.32 Å². The molecule has 0 aromatic heterocycles. The van der Waals surface area contributed by atoms with E-state index in [1.807, 2.05) is 26.0 Å². The number of ether oxygens (including phenoxy) is 3. The van der Waals surface area contributed by atoms with Crippen LogP contribution in [0.1, 0.15) is 16.7 Å². The third-order valence-corrected chi connectivity index (χ3v) is 4.23. The standard InChI is InChI=1S/C20H22ClNO4/c1-12-8-14(24-3)9-13(2)15(12)6-7-20(23)22-17-11-18(25-4)16(21)10-19(17)26-5/h6-11H,1-5H3,(H,22,23)/b7-6+. The summed E-state index contributed by atoms with van der Waals surface area (Å²) in [6.07, 6.45) is 3.25. The number of hydrogen-bond acceptors (Lipinski definition) is 4. The van der Waals surface area contributed by atoms with E-state index in [1.54, 1.807) is 25.3 Å². The number of amides is 1. The lowest BCUT2D eigenvalue weighted by Crippen LogP contribution is -2.09. The molecule has 0 aliphatic heterocycles. The molecule has 0 aliphatic carbocycles. The van der Waals surface area contributed by atoms with E-state index in [9.17, 15) is 4.79 Å². The molecule has 0 atom stereocenters. The maximum Gasteiger partial charge on any atom is 0.248 e. The van der Waals surface area contributed by atoms with Crippen molar-refractivity contribution in [2.75, 3.05) is 26.6 Å². The fourth-order valence-electron chi connectivity index (χ4n) is 2.61. The summed E-state index contributed by atoms with van der Waals surface area (Å²) in [6.45, 7) is 3.94. The van der Waals surface area contributed by atoms with Crippen molar-refractivity contribution in [3.8, 4) is 17.2 Å². The molecule has 0 saturated carbocycles. The first-order valence-electron chi connectivity index (χ1n) is 7.95. The van der Waals surface area contributed by atoms with Crippen molar-refractivity contribution < 1.29 is 19.0 Å². The van der Waals surface area contributed by atoms with E-state index < -0.39 is 0 Å². The molecule has 2 rings (SSSR count). The Morgan fingerprint density at radius 3 is 2.12 bits per heavy atom. The Labute approximate surface area is 158 Å². The van der Waals surface area contributed by atoms with Crippen LogP contribution in [0.25, 0.3) is 6.08 Å². The van der Waals surface area contributed by atoms with Gasteiger partial charge in [-0.05, 0) is 48.7 Å². The molecule has 1 amide bonds. The van der Waals surface area contributed by atoms with Crippen molar-refractivity contribution in [2.24, 2.45) is 0 Å². The van der Waals surface area contributed by atoms with E-state index in [0.717, 1.165) is 22.4 Å². The molecular weight excluding hydrogens is 354 g/mol. The number of aryl methyl sites for hydroxylation is 2. The molecule has 0 aliphatic rings. The van der Waals surface area contributed by atoms with Gasteiger partial charge in [-0.25, -0.2) is 0 Å². The highest BCUT2D eigenvalue weighted by molar-refractivity contribution is 6.32. The lowest BCUT2D eigenvalue weighted by molar-refractivity contribution is -0.111. The molecule has 0 fully saturated rings. The van der Waals surface area contributed by atoms with E-state index in [0.29, 0.717) is 22.2 Å². The van der Waals surface area contributed by atoms with Crippen molar-refractivity contribution in [3.05, 3.63) is 52.1 Å². The van der Waals surface area contributed by atoms with Gasteiger partial charge in [-0.2, -0.15) is 0 Å². The fourth-order valence-corrected chi connectivity index (χ4v) is 2.84. The zero-order valence-electron chi connectivity index (χ0n) is 15.5. The maximum atomic E-state index is 12.3. The minimum atomic E-state index is -0.290. The number of carbonyl (C=O) groups is 1. The minimum absolute atomic E-state index is 0.290. The molecule has 1 N–H and O–H groups in total. The third-order valence-electron chi connectivity index (χ3n) is 3.94. The second-order valence-corrected chi connectivity index (χ2v) is 6.09. The Kier molecular flexibility index (Phi) is 6.52. The van der Waals surface area contributed by atoms with Crippen molar-refractivity contribution in [1.29, 1.82) is 0 Å². The number of methoxy groups -OCH3 is 3. The SMILES string of the molecule is COc1cc(C)c(/C=C/C(=O)Nc2cc(OC)c(Cl)cc2OC)c(C)c1. The number of benzene rings is 2. The molecule has 26 heavy (non-hydrogen) atoms. The largest absolute Gasteiger partial charge is 0.497 e. The summed E-state index contributed by atoms with van der Waals surface area (Å²) in [5.41, 5.74) is 3.50. The van der Waals surface area contributed by atoms with Crippen LogP contribution in [0.2, 0.25) is 5.02 Å². The van der Waals surface area contributed by atoms with Gasteiger partial charge < -0.3 is 19.5 Å². The summed E-state index contributed by atoms with van der Waals surface area (Å²) in [4.78, 5) is 12.3. The van der Waals surface area contributed by atoms with E-state index in [1.165, 1.54) is 20.3 Å². The molecule has 0 radical (unpaired) electrons. The molecule has 0 unspecified atom stereocenters. The van der Waals surface area contributed by atoms with Crippen molar-refractivity contribution in [2.45, 2.75) is 13.8 Å². The Morgan fingerprint density at radius 1 is 0.962 bits per heavy atom. The Balaban J connectivity index is 2.23. The summed E-state index contributed by atoms with van der Waals surface area (Å²) in [7, 11) is 4.65. The smallest absolute Gasteiger partial charge is 0.248 e. The predicted octanol–water partition coefficient (Wildman–Crippen LogP) is 4.63. The average molecular weight is 376 g/mol. The van der Waals surface area contributed by atoms with Crippen LogP contribution in [-0.4, -0.2) is 27.2 Å². The van der Waals surface area contributed by atoms with Gasteiger partial charge in [0.05, 0.1) is 32.0 Å². The normalized spacial score (nSPS) is 10.7. The fraction of sp³-hybridized carbons (Fsp3) is 0.250.